The molecule has 4 rings (SSSR count). The molecule has 1 unspecified atom stereocenters. The zero-order valence-electron chi connectivity index (χ0n) is 15.4. The van der Waals surface area contributed by atoms with Crippen molar-refractivity contribution in [3.05, 3.63) is 34.9 Å². The van der Waals surface area contributed by atoms with Gasteiger partial charge in [0.15, 0.2) is 0 Å². The van der Waals surface area contributed by atoms with Crippen LogP contribution in [0, 0.1) is 0 Å². The maximum atomic E-state index is 13.0. The van der Waals surface area contributed by atoms with Gasteiger partial charge in [-0.25, -0.2) is 0 Å². The number of hydrogen-bond donors (Lipinski definition) is 3. The number of nitrogens with one attached hydrogen (secondary N) is 3. The van der Waals surface area contributed by atoms with Crippen LogP contribution >= 0.6 is 0 Å². The molecule has 0 bridgehead atoms. The summed E-state index contributed by atoms with van der Waals surface area (Å²) in [5, 5.41) is 9.34. The lowest BCUT2D eigenvalue weighted by atomic mass is 10.0. The number of amides is 3. The van der Waals surface area contributed by atoms with E-state index in [2.05, 4.69) is 16.0 Å². The van der Waals surface area contributed by atoms with Gasteiger partial charge in [0, 0.05) is 37.7 Å². The van der Waals surface area contributed by atoms with Crippen LogP contribution in [0.15, 0.2) is 18.2 Å². The first-order chi connectivity index (χ1) is 13.1. The molecule has 0 saturated carbocycles. The number of carbonyl (C=O) groups is 3. The zero-order chi connectivity index (χ0) is 18.8. The second-order valence-electron chi connectivity index (χ2n) is 7.63. The molecule has 0 radical (unpaired) electrons. The zero-order valence-corrected chi connectivity index (χ0v) is 15.4. The number of piperidine rings is 2. The van der Waals surface area contributed by atoms with E-state index >= 15 is 0 Å². The normalized spacial score (nSPS) is 25.5. The molecular formula is C20H26N4O3. The molecule has 7 nitrogen and oxygen atoms in total. The molecule has 0 spiro atoms. The number of imide groups is 1. The van der Waals surface area contributed by atoms with Crippen molar-refractivity contribution in [3.8, 4) is 0 Å². The molecule has 0 aliphatic carbocycles. The second-order valence-corrected chi connectivity index (χ2v) is 7.63. The van der Waals surface area contributed by atoms with Crippen molar-refractivity contribution >= 4 is 17.7 Å². The average Bonchev–Trinajstić information content (AvgIpc) is 3.00. The number of carbonyl (C=O) groups excluding carboxylic acids is 3. The van der Waals surface area contributed by atoms with Gasteiger partial charge in [-0.05, 0) is 36.9 Å². The standard InChI is InChI=1S/C20H26N4O3/c25-17-8-7-16(19(26)23-17)24-12-14-5-3-4-13(18(14)20(24)27)10-21-11-15-6-1-2-9-22-15/h3-5,15-16,21-22H,1-2,6-12H2,(H,23,25,26)/t15-,16?/m1/s1. The van der Waals surface area contributed by atoms with Crippen molar-refractivity contribution in [1.29, 1.82) is 0 Å². The van der Waals surface area contributed by atoms with Gasteiger partial charge < -0.3 is 15.5 Å². The maximum absolute atomic E-state index is 13.0. The number of fused-ring (bicyclic) bond motifs is 1. The van der Waals surface area contributed by atoms with E-state index in [1.54, 1.807) is 4.90 Å². The molecule has 2 atom stereocenters. The molecule has 2 fully saturated rings. The van der Waals surface area contributed by atoms with Gasteiger partial charge in [-0.15, -0.1) is 0 Å². The van der Waals surface area contributed by atoms with E-state index < -0.39 is 6.04 Å². The second kappa shape index (κ2) is 7.78. The highest BCUT2D eigenvalue weighted by atomic mass is 16.2. The van der Waals surface area contributed by atoms with Gasteiger partial charge in [0.1, 0.15) is 6.04 Å². The molecule has 1 aromatic carbocycles. The Balaban J connectivity index is 1.43. The van der Waals surface area contributed by atoms with E-state index in [-0.39, 0.29) is 24.1 Å². The third-order valence-corrected chi connectivity index (χ3v) is 5.76. The van der Waals surface area contributed by atoms with Crippen LogP contribution in [-0.4, -0.2) is 47.8 Å². The van der Waals surface area contributed by atoms with Crippen LogP contribution in [-0.2, 0) is 22.7 Å². The van der Waals surface area contributed by atoms with Gasteiger partial charge in [-0.2, -0.15) is 0 Å². The van der Waals surface area contributed by atoms with Crippen LogP contribution in [0.3, 0.4) is 0 Å². The minimum atomic E-state index is -0.560. The summed E-state index contributed by atoms with van der Waals surface area (Å²) in [5.74, 6) is -0.732. The van der Waals surface area contributed by atoms with E-state index in [9.17, 15) is 14.4 Å². The van der Waals surface area contributed by atoms with E-state index in [0.717, 1.165) is 24.2 Å². The Morgan fingerprint density at radius 2 is 2.04 bits per heavy atom. The Hall–Kier alpha value is -2.25. The lowest BCUT2D eigenvalue weighted by Gasteiger charge is -2.29. The topological polar surface area (TPSA) is 90.5 Å². The van der Waals surface area contributed by atoms with Gasteiger partial charge in [-0.3, -0.25) is 19.7 Å². The molecule has 3 amide bonds. The van der Waals surface area contributed by atoms with Gasteiger partial charge in [-0.1, -0.05) is 24.6 Å². The van der Waals surface area contributed by atoms with Gasteiger partial charge >= 0.3 is 0 Å². The summed E-state index contributed by atoms with van der Waals surface area (Å²) in [6, 6.07) is 5.83. The Labute approximate surface area is 158 Å². The summed E-state index contributed by atoms with van der Waals surface area (Å²) in [5.41, 5.74) is 2.65. The molecule has 0 aromatic heterocycles. The Kier molecular flexibility index (Phi) is 5.22. The molecule has 1 aromatic rings. The Morgan fingerprint density at radius 3 is 2.81 bits per heavy atom. The summed E-state index contributed by atoms with van der Waals surface area (Å²) < 4.78 is 0. The minimum absolute atomic E-state index is 0.104. The molecule has 3 heterocycles. The number of rotatable bonds is 5. The minimum Gasteiger partial charge on any atom is -0.322 e. The molecular weight excluding hydrogens is 344 g/mol. The first-order valence-corrected chi connectivity index (χ1v) is 9.83. The highest BCUT2D eigenvalue weighted by Gasteiger charge is 2.39. The predicted molar refractivity (Wildman–Crippen MR) is 99.8 cm³/mol. The van der Waals surface area contributed by atoms with Crippen LogP contribution < -0.4 is 16.0 Å². The van der Waals surface area contributed by atoms with E-state index in [1.165, 1.54) is 19.3 Å². The van der Waals surface area contributed by atoms with Gasteiger partial charge in [0.05, 0.1) is 0 Å². The molecule has 144 valence electrons. The van der Waals surface area contributed by atoms with Crippen molar-refractivity contribution in [1.82, 2.24) is 20.9 Å². The summed E-state index contributed by atoms with van der Waals surface area (Å²) >= 11 is 0. The van der Waals surface area contributed by atoms with Gasteiger partial charge in [0.25, 0.3) is 5.91 Å². The van der Waals surface area contributed by atoms with Crippen molar-refractivity contribution in [3.63, 3.8) is 0 Å². The van der Waals surface area contributed by atoms with E-state index in [4.69, 9.17) is 0 Å². The highest BCUT2D eigenvalue weighted by molar-refractivity contribution is 6.05. The molecule has 3 aliphatic rings. The Morgan fingerprint density at radius 1 is 1.15 bits per heavy atom. The monoisotopic (exact) mass is 370 g/mol. The van der Waals surface area contributed by atoms with Gasteiger partial charge in [0.2, 0.25) is 11.8 Å². The van der Waals surface area contributed by atoms with Crippen LogP contribution in [0.1, 0.15) is 53.6 Å². The van der Waals surface area contributed by atoms with Crippen molar-refractivity contribution in [2.24, 2.45) is 0 Å². The van der Waals surface area contributed by atoms with Crippen molar-refractivity contribution in [2.75, 3.05) is 13.1 Å². The summed E-state index contributed by atoms with van der Waals surface area (Å²) in [4.78, 5) is 38.2. The first kappa shape index (κ1) is 18.1. The quantitative estimate of drug-likeness (QED) is 0.663. The lowest BCUT2D eigenvalue weighted by molar-refractivity contribution is -0.136. The van der Waals surface area contributed by atoms with Crippen molar-refractivity contribution in [2.45, 2.75) is 57.3 Å². The smallest absolute Gasteiger partial charge is 0.255 e. The maximum Gasteiger partial charge on any atom is 0.255 e. The first-order valence-electron chi connectivity index (χ1n) is 9.83. The van der Waals surface area contributed by atoms with Crippen LogP contribution in [0.2, 0.25) is 0 Å². The van der Waals surface area contributed by atoms with E-state index in [1.807, 2.05) is 18.2 Å². The molecule has 27 heavy (non-hydrogen) atoms. The SMILES string of the molecule is O=C1CCC(N2Cc3cccc(CNC[C@H]4CCCCN4)c3C2=O)C(=O)N1. The molecule has 7 heteroatoms. The fourth-order valence-electron chi connectivity index (χ4n) is 4.32. The third kappa shape index (κ3) is 3.75. The largest absolute Gasteiger partial charge is 0.322 e. The fraction of sp³-hybridized carbons (Fsp3) is 0.550. The molecule has 3 aliphatic heterocycles. The van der Waals surface area contributed by atoms with Crippen LogP contribution in [0.5, 0.6) is 0 Å². The summed E-state index contributed by atoms with van der Waals surface area (Å²) in [6.07, 6.45) is 4.36. The molecule has 2 saturated heterocycles. The Bertz CT molecular complexity index is 758. The average molecular weight is 370 g/mol. The fourth-order valence-corrected chi connectivity index (χ4v) is 4.32. The molecule has 3 N–H and O–H groups in total. The summed E-state index contributed by atoms with van der Waals surface area (Å²) in [7, 11) is 0. The van der Waals surface area contributed by atoms with E-state index in [0.29, 0.717) is 31.1 Å². The summed E-state index contributed by atoms with van der Waals surface area (Å²) in [6.45, 7) is 3.02. The van der Waals surface area contributed by atoms with Crippen molar-refractivity contribution < 1.29 is 14.4 Å². The predicted octanol–water partition coefficient (Wildman–Crippen LogP) is 0.679. The number of nitrogens with zero attached hydrogens (tertiary/aromatic N) is 1. The number of hydrogen-bond acceptors (Lipinski definition) is 5. The highest BCUT2D eigenvalue weighted by Crippen LogP contribution is 2.29. The van der Waals surface area contributed by atoms with Crippen LogP contribution in [0.4, 0.5) is 0 Å². The lowest BCUT2D eigenvalue weighted by Crippen LogP contribution is -2.52. The number of benzene rings is 1. The third-order valence-electron chi connectivity index (χ3n) is 5.76. The van der Waals surface area contributed by atoms with Crippen LogP contribution in [0.25, 0.3) is 0 Å².